The zero-order valence-electron chi connectivity index (χ0n) is 19.7. The molecule has 3 N–H and O–H groups in total. The van der Waals surface area contributed by atoms with Gasteiger partial charge in [0.25, 0.3) is 0 Å². The third-order valence-electron chi connectivity index (χ3n) is 7.29. The van der Waals surface area contributed by atoms with E-state index in [4.69, 9.17) is 4.74 Å². The predicted octanol–water partition coefficient (Wildman–Crippen LogP) is 4.45. The maximum absolute atomic E-state index is 12.7. The summed E-state index contributed by atoms with van der Waals surface area (Å²) < 4.78 is 5.64. The first-order valence-corrected chi connectivity index (χ1v) is 12.0. The number of ether oxygens (including phenoxy) is 1. The molecule has 0 saturated heterocycles. The van der Waals surface area contributed by atoms with Gasteiger partial charge in [0.05, 0.1) is 0 Å². The van der Waals surface area contributed by atoms with Crippen molar-refractivity contribution in [3.63, 3.8) is 0 Å². The van der Waals surface area contributed by atoms with E-state index in [9.17, 15) is 19.5 Å². The summed E-state index contributed by atoms with van der Waals surface area (Å²) in [6, 6.07) is 16.2. The van der Waals surface area contributed by atoms with Gasteiger partial charge in [0.2, 0.25) is 5.91 Å². The van der Waals surface area contributed by atoms with Crippen molar-refractivity contribution >= 4 is 18.0 Å². The van der Waals surface area contributed by atoms with Crippen molar-refractivity contribution in [3.8, 4) is 11.1 Å². The van der Waals surface area contributed by atoms with E-state index in [1.807, 2.05) is 24.3 Å². The highest BCUT2D eigenvalue weighted by Crippen LogP contribution is 2.44. The first-order valence-electron chi connectivity index (χ1n) is 12.0. The molecule has 34 heavy (non-hydrogen) atoms. The van der Waals surface area contributed by atoms with Crippen LogP contribution in [0.5, 0.6) is 0 Å². The second kappa shape index (κ2) is 9.87. The highest BCUT2D eigenvalue weighted by molar-refractivity contribution is 5.87. The van der Waals surface area contributed by atoms with Crippen molar-refractivity contribution in [1.82, 2.24) is 10.6 Å². The lowest BCUT2D eigenvalue weighted by Gasteiger charge is -2.32. The Balaban J connectivity index is 1.33. The van der Waals surface area contributed by atoms with Gasteiger partial charge in [0.1, 0.15) is 12.1 Å². The molecule has 1 unspecified atom stereocenters. The Morgan fingerprint density at radius 2 is 1.65 bits per heavy atom. The number of hydrogen-bond acceptors (Lipinski definition) is 4. The number of amides is 2. The van der Waals surface area contributed by atoms with E-state index in [1.54, 1.807) is 6.92 Å². The fourth-order valence-electron chi connectivity index (χ4n) is 5.03. The molecular formula is C27H32N2O5. The van der Waals surface area contributed by atoms with Crippen LogP contribution in [0.4, 0.5) is 4.79 Å². The summed E-state index contributed by atoms with van der Waals surface area (Å²) in [4.78, 5) is 36.9. The lowest BCUT2D eigenvalue weighted by atomic mass is 9.84. The Morgan fingerprint density at radius 3 is 2.24 bits per heavy atom. The van der Waals surface area contributed by atoms with E-state index in [0.717, 1.165) is 24.0 Å². The number of carboxylic acid groups (broad SMARTS) is 1. The van der Waals surface area contributed by atoms with Gasteiger partial charge in [-0.3, -0.25) is 4.79 Å². The molecule has 0 heterocycles. The standard InChI is InChI=1S/C27H32N2O5/c1-3-27(2,25(31)32)29-24(30)17-9-8-10-18(15-17)28-26(33)34-16-23-21-13-6-4-11-19(21)20-12-5-7-14-22(20)23/h4-7,11-14,17-18,23H,3,8-10,15-16H2,1-2H3,(H,28,33)(H,29,30)(H,31,32)/t17-,18-,27?/m1/s1. The van der Waals surface area contributed by atoms with Crippen LogP contribution >= 0.6 is 0 Å². The van der Waals surface area contributed by atoms with Crippen molar-refractivity contribution in [2.75, 3.05) is 6.61 Å². The van der Waals surface area contributed by atoms with Gasteiger partial charge in [-0.05, 0) is 54.9 Å². The summed E-state index contributed by atoms with van der Waals surface area (Å²) in [5.74, 6) is -1.66. The molecule has 0 radical (unpaired) electrons. The highest BCUT2D eigenvalue weighted by Gasteiger charge is 2.37. The van der Waals surface area contributed by atoms with E-state index < -0.39 is 17.6 Å². The van der Waals surface area contributed by atoms with E-state index >= 15 is 0 Å². The van der Waals surface area contributed by atoms with Crippen molar-refractivity contribution < 1.29 is 24.2 Å². The van der Waals surface area contributed by atoms with Crippen LogP contribution in [0.1, 0.15) is 63.0 Å². The van der Waals surface area contributed by atoms with Crippen molar-refractivity contribution in [2.24, 2.45) is 5.92 Å². The molecule has 2 aliphatic rings. The first kappa shape index (κ1) is 23.8. The SMILES string of the molecule is CCC(C)(NC(=O)[C@@H]1CCC[C@@H](NC(=O)OCC2c3ccccc3-c3ccccc32)C1)C(=O)O. The number of benzene rings is 2. The molecule has 2 aromatic carbocycles. The Hall–Kier alpha value is -3.35. The number of hydrogen-bond donors (Lipinski definition) is 3. The Morgan fingerprint density at radius 1 is 1.03 bits per heavy atom. The van der Waals surface area contributed by atoms with Gasteiger partial charge in [-0.25, -0.2) is 9.59 Å². The van der Waals surface area contributed by atoms with Crippen LogP contribution in [0.25, 0.3) is 11.1 Å². The molecule has 2 aromatic rings. The quantitative estimate of drug-likeness (QED) is 0.561. The molecule has 0 spiro atoms. The molecule has 1 saturated carbocycles. The highest BCUT2D eigenvalue weighted by atomic mass is 16.5. The third-order valence-corrected chi connectivity index (χ3v) is 7.29. The van der Waals surface area contributed by atoms with E-state index in [-0.39, 0.29) is 30.4 Å². The number of carbonyl (C=O) groups is 3. The smallest absolute Gasteiger partial charge is 0.407 e. The first-order chi connectivity index (χ1) is 16.3. The van der Waals surface area contributed by atoms with Crippen molar-refractivity contribution in [1.29, 1.82) is 0 Å². The molecule has 0 aromatic heterocycles. The lowest BCUT2D eigenvalue weighted by molar-refractivity contribution is -0.148. The van der Waals surface area contributed by atoms with E-state index in [1.165, 1.54) is 18.1 Å². The maximum Gasteiger partial charge on any atom is 0.407 e. The summed E-state index contributed by atoms with van der Waals surface area (Å²) in [7, 11) is 0. The Bertz CT molecular complexity index is 1040. The normalized spacial score (nSPS) is 21.0. The minimum atomic E-state index is -1.29. The van der Waals surface area contributed by atoms with Crippen LogP contribution in [-0.2, 0) is 14.3 Å². The molecule has 0 bridgehead atoms. The summed E-state index contributed by atoms with van der Waals surface area (Å²) >= 11 is 0. The summed E-state index contributed by atoms with van der Waals surface area (Å²) in [6.45, 7) is 3.49. The zero-order valence-corrected chi connectivity index (χ0v) is 19.7. The molecule has 0 aliphatic heterocycles. The fourth-order valence-corrected chi connectivity index (χ4v) is 5.03. The number of carboxylic acids is 1. The second-order valence-electron chi connectivity index (χ2n) is 9.51. The fraction of sp³-hybridized carbons (Fsp3) is 0.444. The minimum Gasteiger partial charge on any atom is -0.480 e. The van der Waals surface area contributed by atoms with Gasteiger partial charge in [0, 0.05) is 17.9 Å². The average Bonchev–Trinajstić information content (AvgIpc) is 3.16. The number of rotatable bonds is 7. The minimum absolute atomic E-state index is 0.00854. The third kappa shape index (κ3) is 4.79. The Labute approximate surface area is 199 Å². The molecule has 3 atom stereocenters. The number of carbonyl (C=O) groups excluding carboxylic acids is 2. The van der Waals surface area contributed by atoms with Gasteiger partial charge in [-0.15, -0.1) is 0 Å². The zero-order chi connectivity index (χ0) is 24.3. The van der Waals surface area contributed by atoms with Gasteiger partial charge >= 0.3 is 12.1 Å². The van der Waals surface area contributed by atoms with Crippen LogP contribution in [0, 0.1) is 5.92 Å². The molecule has 4 rings (SSSR count). The summed E-state index contributed by atoms with van der Waals surface area (Å²) in [6.07, 6.45) is 2.49. The van der Waals surface area contributed by atoms with Crippen LogP contribution in [-0.4, -0.2) is 41.3 Å². The van der Waals surface area contributed by atoms with Gasteiger partial charge in [-0.2, -0.15) is 0 Å². The van der Waals surface area contributed by atoms with Crippen LogP contribution in [0.15, 0.2) is 48.5 Å². The predicted molar refractivity (Wildman–Crippen MR) is 128 cm³/mol. The van der Waals surface area contributed by atoms with Gasteiger partial charge in [0.15, 0.2) is 0 Å². The molecule has 1 fully saturated rings. The number of nitrogens with one attached hydrogen (secondary N) is 2. The maximum atomic E-state index is 12.7. The molecular weight excluding hydrogens is 432 g/mol. The topological polar surface area (TPSA) is 105 Å². The van der Waals surface area contributed by atoms with Crippen LogP contribution in [0.2, 0.25) is 0 Å². The molecule has 2 amide bonds. The average molecular weight is 465 g/mol. The summed E-state index contributed by atoms with van der Waals surface area (Å²) in [5.41, 5.74) is 3.37. The second-order valence-corrected chi connectivity index (χ2v) is 9.51. The molecule has 2 aliphatic carbocycles. The molecule has 7 heteroatoms. The molecule has 180 valence electrons. The van der Waals surface area contributed by atoms with Crippen molar-refractivity contribution in [2.45, 2.75) is 63.5 Å². The van der Waals surface area contributed by atoms with Gasteiger partial charge < -0.3 is 20.5 Å². The van der Waals surface area contributed by atoms with E-state index in [0.29, 0.717) is 19.3 Å². The molecule has 7 nitrogen and oxygen atoms in total. The summed E-state index contributed by atoms with van der Waals surface area (Å²) in [5, 5.41) is 15.0. The van der Waals surface area contributed by atoms with E-state index in [2.05, 4.69) is 34.9 Å². The largest absolute Gasteiger partial charge is 0.480 e. The number of fused-ring (bicyclic) bond motifs is 3. The number of alkyl carbamates (subject to hydrolysis) is 1. The van der Waals surface area contributed by atoms with Crippen LogP contribution in [0.3, 0.4) is 0 Å². The Kier molecular flexibility index (Phi) is 6.91. The van der Waals surface area contributed by atoms with Crippen LogP contribution < -0.4 is 10.6 Å². The monoisotopic (exact) mass is 464 g/mol. The lowest BCUT2D eigenvalue weighted by Crippen LogP contribution is -2.54. The van der Waals surface area contributed by atoms with Gasteiger partial charge in [-0.1, -0.05) is 61.9 Å². The number of aliphatic carboxylic acids is 1. The van der Waals surface area contributed by atoms with Crippen molar-refractivity contribution in [3.05, 3.63) is 59.7 Å².